The number of alkyl halides is 6. The number of nitrogens with zero attached hydrogens (tertiary/aromatic N) is 3. The van der Waals surface area contributed by atoms with E-state index < -0.39 is 41.7 Å². The van der Waals surface area contributed by atoms with E-state index in [0.717, 1.165) is 17.0 Å². The smallest absolute Gasteiger partial charge is 0.475 e. The minimum atomic E-state index is -5.08. The molecule has 2 heterocycles. The van der Waals surface area contributed by atoms with Crippen LogP contribution in [0.5, 0.6) is 5.75 Å². The van der Waals surface area contributed by atoms with Crippen molar-refractivity contribution in [3.63, 3.8) is 0 Å². The minimum Gasteiger partial charge on any atom is -0.475 e. The van der Waals surface area contributed by atoms with Crippen LogP contribution in [-0.4, -0.2) is 62.8 Å². The van der Waals surface area contributed by atoms with E-state index in [1.165, 1.54) is 29.2 Å². The van der Waals surface area contributed by atoms with Crippen LogP contribution in [0.1, 0.15) is 47.1 Å². The summed E-state index contributed by atoms with van der Waals surface area (Å²) in [6, 6.07) is 6.75. The molecule has 0 bridgehead atoms. The number of imide groups is 1. The van der Waals surface area contributed by atoms with Gasteiger partial charge in [0.15, 0.2) is 0 Å². The lowest BCUT2D eigenvalue weighted by Gasteiger charge is -2.28. The second-order valence-corrected chi connectivity index (χ2v) is 10.9. The third-order valence-corrected chi connectivity index (χ3v) is 6.17. The highest BCUT2D eigenvalue weighted by Gasteiger charge is 2.51. The van der Waals surface area contributed by atoms with Gasteiger partial charge in [-0.3, -0.25) is 14.4 Å². The molecule has 46 heavy (non-hydrogen) atoms. The fourth-order valence-corrected chi connectivity index (χ4v) is 3.66. The van der Waals surface area contributed by atoms with Crippen LogP contribution in [0.25, 0.3) is 0 Å². The first-order chi connectivity index (χ1) is 20.9. The van der Waals surface area contributed by atoms with Gasteiger partial charge in [0.25, 0.3) is 5.91 Å². The molecule has 2 aromatic rings. The summed E-state index contributed by atoms with van der Waals surface area (Å²) in [5.74, 6) is -4.85. The summed E-state index contributed by atoms with van der Waals surface area (Å²) < 4.78 is 73.1. The number of hydrogen-bond donors (Lipinski definition) is 3. The van der Waals surface area contributed by atoms with Crippen LogP contribution in [0.2, 0.25) is 0 Å². The number of urea groups is 1. The van der Waals surface area contributed by atoms with Crippen molar-refractivity contribution < 1.29 is 60.2 Å². The zero-order chi connectivity index (χ0) is 35.4. The Morgan fingerprint density at radius 3 is 1.70 bits per heavy atom. The van der Waals surface area contributed by atoms with Crippen LogP contribution in [0, 0.1) is 11.8 Å². The molecule has 1 fully saturated rings. The lowest BCUT2D eigenvalue weighted by Crippen LogP contribution is -2.43. The Labute approximate surface area is 258 Å². The number of anilines is 3. The van der Waals surface area contributed by atoms with Crippen LogP contribution < -0.4 is 20.3 Å². The standard InChI is InChI=1S/C26H30F3N5O5.C2HF3O2/c1-14(2)21(35)31-19-11-16(12-20(30-19)32-22(36)15(3)4)13-33-24(38)34(23(37)25(33,5)6)17-7-9-18(10-8-17)39-26(27,28)29;3-2(4,5)1(6)7/h7-12,14-15H,13H2,1-6H3,(H2,30,31,32,35,36);(H,6,7). The Hall–Kier alpha value is -4.90. The number of carboxylic acids is 1. The first kappa shape index (κ1) is 37.3. The number of amides is 5. The third kappa shape index (κ3) is 9.80. The summed E-state index contributed by atoms with van der Waals surface area (Å²) in [7, 11) is 0. The predicted molar refractivity (Wildman–Crippen MR) is 150 cm³/mol. The molecule has 1 aliphatic heterocycles. The number of rotatable bonds is 8. The van der Waals surface area contributed by atoms with Crippen LogP contribution in [0.4, 0.5) is 48.5 Å². The van der Waals surface area contributed by atoms with E-state index in [4.69, 9.17) is 9.90 Å². The first-order valence-corrected chi connectivity index (χ1v) is 13.4. The molecule has 0 unspecified atom stereocenters. The van der Waals surface area contributed by atoms with E-state index in [9.17, 15) is 45.5 Å². The van der Waals surface area contributed by atoms with Crippen molar-refractivity contribution >= 4 is 47.0 Å². The average Bonchev–Trinajstić information content (AvgIpc) is 3.07. The van der Waals surface area contributed by atoms with Crippen LogP contribution in [0.3, 0.4) is 0 Å². The molecule has 1 saturated heterocycles. The molecule has 3 N–H and O–H groups in total. The molecule has 18 heteroatoms. The van der Waals surface area contributed by atoms with Gasteiger partial charge in [-0.05, 0) is 55.8 Å². The number of carboxylic acid groups (broad SMARTS) is 1. The normalized spacial score (nSPS) is 14.7. The number of aliphatic carboxylic acids is 1. The second kappa shape index (κ2) is 14.0. The largest absolute Gasteiger partial charge is 0.573 e. The summed E-state index contributed by atoms with van der Waals surface area (Å²) in [6.07, 6.45) is -9.97. The van der Waals surface area contributed by atoms with Crippen LogP contribution >= 0.6 is 0 Å². The molecule has 252 valence electrons. The number of carbonyl (C=O) groups is 5. The Morgan fingerprint density at radius 1 is 0.891 bits per heavy atom. The van der Waals surface area contributed by atoms with Crippen LogP contribution in [0.15, 0.2) is 36.4 Å². The lowest BCUT2D eigenvalue weighted by molar-refractivity contribution is -0.274. The molecule has 1 aliphatic rings. The van der Waals surface area contributed by atoms with Crippen molar-refractivity contribution in [3.8, 4) is 5.75 Å². The van der Waals surface area contributed by atoms with E-state index in [2.05, 4.69) is 20.4 Å². The van der Waals surface area contributed by atoms with E-state index in [1.807, 2.05) is 0 Å². The molecular weight excluding hydrogens is 632 g/mol. The summed E-state index contributed by atoms with van der Waals surface area (Å²) in [5.41, 5.74) is -0.794. The van der Waals surface area contributed by atoms with Gasteiger partial charge >= 0.3 is 24.5 Å². The van der Waals surface area contributed by atoms with Gasteiger partial charge < -0.3 is 25.4 Å². The summed E-state index contributed by atoms with van der Waals surface area (Å²) in [5, 5.41) is 12.5. The molecule has 3 rings (SSSR count). The number of carbonyl (C=O) groups excluding carboxylic acids is 4. The third-order valence-electron chi connectivity index (χ3n) is 6.17. The topological polar surface area (TPSA) is 158 Å². The fraction of sp³-hybridized carbons (Fsp3) is 0.429. The van der Waals surface area contributed by atoms with E-state index in [-0.39, 0.29) is 47.5 Å². The number of benzene rings is 1. The molecule has 5 amide bonds. The molecule has 0 saturated carbocycles. The SMILES string of the molecule is CC(C)C(=O)Nc1cc(CN2C(=O)N(c3ccc(OC(F)(F)F)cc3)C(=O)C2(C)C)cc(NC(=O)C(C)C)n1.O=C(O)C(F)(F)F. The van der Waals surface area contributed by atoms with E-state index in [0.29, 0.717) is 5.56 Å². The molecule has 1 aromatic carbocycles. The zero-order valence-electron chi connectivity index (χ0n) is 25.3. The molecular formula is C28H31F6N5O7. The van der Waals surface area contributed by atoms with Gasteiger partial charge in [-0.25, -0.2) is 19.5 Å². The van der Waals surface area contributed by atoms with Gasteiger partial charge in [0, 0.05) is 18.4 Å². The van der Waals surface area contributed by atoms with Crippen molar-refractivity contribution in [2.45, 2.75) is 66.2 Å². The number of aromatic nitrogens is 1. The van der Waals surface area contributed by atoms with Gasteiger partial charge in [-0.2, -0.15) is 13.2 Å². The summed E-state index contributed by atoms with van der Waals surface area (Å²) in [4.78, 5) is 66.6. The monoisotopic (exact) mass is 663 g/mol. The van der Waals surface area contributed by atoms with Crippen molar-refractivity contribution in [3.05, 3.63) is 42.0 Å². The molecule has 12 nitrogen and oxygen atoms in total. The lowest BCUT2D eigenvalue weighted by atomic mass is 10.0. The minimum absolute atomic E-state index is 0.0691. The fourth-order valence-electron chi connectivity index (χ4n) is 3.66. The van der Waals surface area contributed by atoms with Gasteiger partial charge in [-0.15, -0.1) is 13.2 Å². The molecule has 0 spiro atoms. The Bertz CT molecular complexity index is 1430. The number of halogens is 6. The molecule has 0 aliphatic carbocycles. The van der Waals surface area contributed by atoms with Gasteiger partial charge in [0.05, 0.1) is 5.69 Å². The van der Waals surface area contributed by atoms with E-state index in [1.54, 1.807) is 41.5 Å². The van der Waals surface area contributed by atoms with Crippen molar-refractivity contribution in [1.82, 2.24) is 9.88 Å². The Balaban J connectivity index is 0.000000942. The van der Waals surface area contributed by atoms with Crippen molar-refractivity contribution in [1.29, 1.82) is 0 Å². The maximum atomic E-state index is 13.4. The second-order valence-electron chi connectivity index (χ2n) is 10.9. The average molecular weight is 664 g/mol. The molecule has 0 atom stereocenters. The van der Waals surface area contributed by atoms with Crippen LogP contribution in [-0.2, 0) is 25.7 Å². The molecule has 0 radical (unpaired) electrons. The van der Waals surface area contributed by atoms with Crippen molar-refractivity contribution in [2.75, 3.05) is 15.5 Å². The maximum Gasteiger partial charge on any atom is 0.573 e. The quantitative estimate of drug-likeness (QED) is 0.245. The number of hydrogen-bond acceptors (Lipinski definition) is 7. The number of pyridine rings is 1. The highest BCUT2D eigenvalue weighted by Crippen LogP contribution is 2.35. The zero-order valence-corrected chi connectivity index (χ0v) is 25.3. The van der Waals surface area contributed by atoms with Gasteiger partial charge in [0.2, 0.25) is 11.8 Å². The number of nitrogens with one attached hydrogen (secondary N) is 2. The Morgan fingerprint density at radius 2 is 1.33 bits per heavy atom. The number of ether oxygens (including phenoxy) is 1. The predicted octanol–water partition coefficient (Wildman–Crippen LogP) is 5.55. The Kier molecular flexibility index (Phi) is 11.4. The maximum absolute atomic E-state index is 13.4. The van der Waals surface area contributed by atoms with E-state index >= 15 is 0 Å². The first-order valence-electron chi connectivity index (χ1n) is 13.4. The van der Waals surface area contributed by atoms with Gasteiger partial charge in [-0.1, -0.05) is 27.7 Å². The van der Waals surface area contributed by atoms with Crippen molar-refractivity contribution in [2.24, 2.45) is 11.8 Å². The highest BCUT2D eigenvalue weighted by molar-refractivity contribution is 6.23. The highest BCUT2D eigenvalue weighted by atomic mass is 19.4. The van der Waals surface area contributed by atoms with Gasteiger partial charge in [0.1, 0.15) is 22.9 Å². The summed E-state index contributed by atoms with van der Waals surface area (Å²) >= 11 is 0. The molecule has 1 aromatic heterocycles. The summed E-state index contributed by atoms with van der Waals surface area (Å²) in [6.45, 7) is 9.79.